The highest BCUT2D eigenvalue weighted by atomic mass is 35.5. The molecule has 4 heteroatoms. The summed E-state index contributed by atoms with van der Waals surface area (Å²) in [5.41, 5.74) is 1.75. The van der Waals surface area contributed by atoms with Crippen LogP contribution in [-0.4, -0.2) is 16.1 Å². The quantitative estimate of drug-likeness (QED) is 0.806. The number of fused-ring (bicyclic) bond motifs is 1. The minimum absolute atomic E-state index is 0.218. The van der Waals surface area contributed by atoms with Gasteiger partial charge in [0.05, 0.1) is 16.1 Å². The van der Waals surface area contributed by atoms with Crippen LogP contribution in [0.25, 0.3) is 10.9 Å². The van der Waals surface area contributed by atoms with E-state index >= 15 is 0 Å². The maximum atomic E-state index is 10.8. The highest BCUT2D eigenvalue weighted by Crippen LogP contribution is 2.24. The molecule has 1 aromatic carbocycles. The zero-order valence-electron chi connectivity index (χ0n) is 7.99. The summed E-state index contributed by atoms with van der Waals surface area (Å²) in [6.45, 7) is 1.84. The predicted octanol–water partition coefficient (Wildman–Crippen LogP) is 2.89. The van der Waals surface area contributed by atoms with Crippen LogP contribution in [0.4, 0.5) is 0 Å². The van der Waals surface area contributed by atoms with Gasteiger partial charge >= 0.3 is 5.97 Å². The van der Waals surface area contributed by atoms with E-state index in [2.05, 4.69) is 4.98 Å². The standard InChI is InChI=1S/C11H8ClNO2/c1-6-4-9(12)8-5-7(11(14)15)2-3-10(8)13-6/h2-5H,1H3,(H,14,15). The first-order chi connectivity index (χ1) is 7.08. The molecule has 0 aliphatic heterocycles. The van der Waals surface area contributed by atoms with Crippen LogP contribution in [0.2, 0.25) is 5.02 Å². The van der Waals surface area contributed by atoms with E-state index in [-0.39, 0.29) is 5.56 Å². The van der Waals surface area contributed by atoms with Crippen LogP contribution in [0.5, 0.6) is 0 Å². The van der Waals surface area contributed by atoms with Crippen molar-refractivity contribution in [2.75, 3.05) is 0 Å². The fourth-order valence-corrected chi connectivity index (χ4v) is 1.75. The van der Waals surface area contributed by atoms with Crippen molar-refractivity contribution in [2.45, 2.75) is 6.92 Å². The van der Waals surface area contributed by atoms with Crippen LogP contribution in [0.3, 0.4) is 0 Å². The second-order valence-corrected chi connectivity index (χ2v) is 3.69. The molecule has 0 unspecified atom stereocenters. The third-order valence-electron chi connectivity index (χ3n) is 2.13. The largest absolute Gasteiger partial charge is 0.478 e. The van der Waals surface area contributed by atoms with Gasteiger partial charge in [-0.25, -0.2) is 4.79 Å². The summed E-state index contributed by atoms with van der Waals surface area (Å²) in [5.74, 6) is -0.964. The van der Waals surface area contributed by atoms with Gasteiger partial charge in [-0.3, -0.25) is 4.98 Å². The Hall–Kier alpha value is -1.61. The summed E-state index contributed by atoms with van der Waals surface area (Å²) in [5, 5.41) is 10.0. The zero-order valence-corrected chi connectivity index (χ0v) is 8.75. The Kier molecular flexibility index (Phi) is 2.32. The van der Waals surface area contributed by atoms with E-state index in [4.69, 9.17) is 16.7 Å². The zero-order chi connectivity index (χ0) is 11.0. The Morgan fingerprint density at radius 1 is 1.40 bits per heavy atom. The van der Waals surface area contributed by atoms with Crippen molar-refractivity contribution >= 4 is 28.5 Å². The van der Waals surface area contributed by atoms with Crippen LogP contribution < -0.4 is 0 Å². The number of carboxylic acid groups (broad SMARTS) is 1. The van der Waals surface area contributed by atoms with Gasteiger partial charge in [0.1, 0.15) is 0 Å². The van der Waals surface area contributed by atoms with Crippen molar-refractivity contribution in [3.05, 3.63) is 40.5 Å². The van der Waals surface area contributed by atoms with E-state index in [1.54, 1.807) is 12.1 Å². The first-order valence-electron chi connectivity index (χ1n) is 4.38. The summed E-state index contributed by atoms with van der Waals surface area (Å²) >= 11 is 6.01. The maximum Gasteiger partial charge on any atom is 0.335 e. The molecule has 2 aromatic rings. The third-order valence-corrected chi connectivity index (χ3v) is 2.45. The number of halogens is 1. The fourth-order valence-electron chi connectivity index (χ4n) is 1.44. The molecule has 1 heterocycles. The average molecular weight is 222 g/mol. The first-order valence-corrected chi connectivity index (χ1v) is 4.76. The molecule has 0 atom stereocenters. The number of aromatic nitrogens is 1. The second kappa shape index (κ2) is 3.51. The predicted molar refractivity (Wildman–Crippen MR) is 58.4 cm³/mol. The fraction of sp³-hybridized carbons (Fsp3) is 0.0909. The number of hydrogen-bond donors (Lipinski definition) is 1. The van der Waals surface area contributed by atoms with Gasteiger partial charge in [0.25, 0.3) is 0 Å². The van der Waals surface area contributed by atoms with Crippen molar-refractivity contribution < 1.29 is 9.90 Å². The minimum Gasteiger partial charge on any atom is -0.478 e. The topological polar surface area (TPSA) is 50.2 Å². The number of hydrogen-bond acceptors (Lipinski definition) is 2. The molecule has 0 aliphatic carbocycles. The molecule has 0 aliphatic rings. The lowest BCUT2D eigenvalue weighted by Crippen LogP contribution is -1.96. The highest BCUT2D eigenvalue weighted by Gasteiger charge is 2.07. The number of carbonyl (C=O) groups is 1. The third kappa shape index (κ3) is 1.78. The van der Waals surface area contributed by atoms with Crippen LogP contribution in [0, 0.1) is 6.92 Å². The van der Waals surface area contributed by atoms with E-state index in [1.165, 1.54) is 12.1 Å². The summed E-state index contributed by atoms with van der Waals surface area (Å²) in [4.78, 5) is 15.0. The molecule has 0 bridgehead atoms. The molecular weight excluding hydrogens is 214 g/mol. The van der Waals surface area contributed by atoms with Crippen molar-refractivity contribution in [1.29, 1.82) is 0 Å². The van der Waals surface area contributed by atoms with Gasteiger partial charge in [-0.15, -0.1) is 0 Å². The molecule has 3 nitrogen and oxygen atoms in total. The molecule has 76 valence electrons. The molecule has 0 radical (unpaired) electrons. The number of carboxylic acids is 1. The summed E-state index contributed by atoms with van der Waals surface area (Å²) in [7, 11) is 0. The molecule has 1 N–H and O–H groups in total. The molecule has 1 aromatic heterocycles. The summed E-state index contributed by atoms with van der Waals surface area (Å²) in [6, 6.07) is 6.44. The van der Waals surface area contributed by atoms with E-state index in [1.807, 2.05) is 6.92 Å². The van der Waals surface area contributed by atoms with Crippen LogP contribution in [0.1, 0.15) is 16.1 Å². The van der Waals surface area contributed by atoms with Gasteiger partial charge in [-0.05, 0) is 31.2 Å². The Bertz CT molecular complexity index is 552. The molecule has 2 rings (SSSR count). The van der Waals surface area contributed by atoms with Gasteiger partial charge in [-0.1, -0.05) is 11.6 Å². The Morgan fingerprint density at radius 2 is 2.13 bits per heavy atom. The van der Waals surface area contributed by atoms with Gasteiger partial charge in [-0.2, -0.15) is 0 Å². The number of aromatic carboxylic acids is 1. The van der Waals surface area contributed by atoms with E-state index in [0.29, 0.717) is 15.9 Å². The number of benzene rings is 1. The molecule has 0 saturated heterocycles. The SMILES string of the molecule is Cc1cc(Cl)c2cc(C(=O)O)ccc2n1. The maximum absolute atomic E-state index is 10.8. The van der Waals surface area contributed by atoms with Crippen molar-refractivity contribution in [1.82, 2.24) is 4.98 Å². The average Bonchev–Trinajstić information content (AvgIpc) is 2.16. The van der Waals surface area contributed by atoms with Crippen LogP contribution in [0.15, 0.2) is 24.3 Å². The van der Waals surface area contributed by atoms with Gasteiger partial charge in [0.2, 0.25) is 0 Å². The summed E-state index contributed by atoms with van der Waals surface area (Å²) in [6.07, 6.45) is 0. The Labute approximate surface area is 91.3 Å². The molecule has 0 amide bonds. The van der Waals surface area contributed by atoms with E-state index < -0.39 is 5.97 Å². The second-order valence-electron chi connectivity index (χ2n) is 3.28. The summed E-state index contributed by atoms with van der Waals surface area (Å²) < 4.78 is 0. The lowest BCUT2D eigenvalue weighted by Gasteiger charge is -2.02. The van der Waals surface area contributed by atoms with Crippen LogP contribution in [-0.2, 0) is 0 Å². The molecular formula is C11H8ClNO2. The molecule has 0 saturated carbocycles. The number of pyridine rings is 1. The van der Waals surface area contributed by atoms with Gasteiger partial charge in [0.15, 0.2) is 0 Å². The number of aryl methyl sites for hydroxylation is 1. The van der Waals surface area contributed by atoms with E-state index in [0.717, 1.165) is 5.69 Å². The van der Waals surface area contributed by atoms with Crippen LogP contribution >= 0.6 is 11.6 Å². The smallest absolute Gasteiger partial charge is 0.335 e. The Morgan fingerprint density at radius 3 is 2.80 bits per heavy atom. The van der Waals surface area contributed by atoms with Crippen molar-refractivity contribution in [3.8, 4) is 0 Å². The lowest BCUT2D eigenvalue weighted by atomic mass is 10.1. The minimum atomic E-state index is -0.964. The number of nitrogens with zero attached hydrogens (tertiary/aromatic N) is 1. The van der Waals surface area contributed by atoms with Gasteiger partial charge in [0, 0.05) is 11.1 Å². The van der Waals surface area contributed by atoms with E-state index in [9.17, 15) is 4.79 Å². The monoisotopic (exact) mass is 221 g/mol. The van der Waals surface area contributed by atoms with Crippen molar-refractivity contribution in [2.24, 2.45) is 0 Å². The first kappa shape index (κ1) is 9.93. The number of rotatable bonds is 1. The molecule has 0 fully saturated rings. The van der Waals surface area contributed by atoms with Gasteiger partial charge < -0.3 is 5.11 Å². The van der Waals surface area contributed by atoms with Crippen molar-refractivity contribution in [3.63, 3.8) is 0 Å². The molecule has 0 spiro atoms. The molecule has 15 heavy (non-hydrogen) atoms. The lowest BCUT2D eigenvalue weighted by molar-refractivity contribution is 0.0697. The normalized spacial score (nSPS) is 10.5. The highest BCUT2D eigenvalue weighted by molar-refractivity contribution is 6.35. The Balaban J connectivity index is 2.76.